The second kappa shape index (κ2) is 11.2. The van der Waals surface area contributed by atoms with Crippen LogP contribution in [0.3, 0.4) is 0 Å². The normalized spacial score (nSPS) is 20.3. The molecule has 2 rings (SSSR count). The van der Waals surface area contributed by atoms with Gasteiger partial charge < -0.3 is 29.9 Å². The van der Waals surface area contributed by atoms with Crippen molar-refractivity contribution in [2.45, 2.75) is 39.2 Å². The molecule has 1 amide bonds. The Bertz CT molecular complexity index is 444. The molecule has 0 unspecified atom stereocenters. The van der Waals surface area contributed by atoms with E-state index in [0.29, 0.717) is 19.7 Å². The molecule has 0 bridgehead atoms. The van der Waals surface area contributed by atoms with Crippen molar-refractivity contribution < 1.29 is 14.6 Å². The maximum Gasteiger partial charge on any atom is 0.409 e. The molecule has 2 aliphatic heterocycles. The van der Waals surface area contributed by atoms with Gasteiger partial charge in [-0.3, -0.25) is 4.99 Å². The van der Waals surface area contributed by atoms with Crippen LogP contribution in [0.5, 0.6) is 0 Å². The van der Waals surface area contributed by atoms with Gasteiger partial charge >= 0.3 is 6.09 Å². The van der Waals surface area contributed by atoms with E-state index in [1.807, 2.05) is 6.92 Å². The van der Waals surface area contributed by atoms with Crippen molar-refractivity contribution in [3.05, 3.63) is 0 Å². The van der Waals surface area contributed by atoms with Crippen LogP contribution in [0, 0.1) is 0 Å². The van der Waals surface area contributed by atoms with Crippen LogP contribution in [0.15, 0.2) is 4.99 Å². The predicted octanol–water partition coefficient (Wildman–Crippen LogP) is 0.573. The van der Waals surface area contributed by atoms with Gasteiger partial charge in [-0.15, -0.1) is 0 Å². The number of ether oxygens (including phenoxy) is 1. The zero-order chi connectivity index (χ0) is 18.8. The fraction of sp³-hybridized carbons (Fsp3) is 0.889. The number of aliphatic imine (C=N–C) groups is 1. The van der Waals surface area contributed by atoms with E-state index in [1.54, 1.807) is 4.90 Å². The van der Waals surface area contributed by atoms with Crippen molar-refractivity contribution in [3.63, 3.8) is 0 Å². The number of aliphatic hydroxyl groups excluding tert-OH is 1. The largest absolute Gasteiger partial charge is 0.450 e. The molecule has 0 aromatic carbocycles. The lowest BCUT2D eigenvalue weighted by molar-refractivity contribution is 0.0823. The number of aliphatic hydroxyl groups is 1. The first-order chi connectivity index (χ1) is 12.6. The molecule has 2 fully saturated rings. The third-order valence-corrected chi connectivity index (χ3v) is 4.89. The number of guanidine groups is 1. The first-order valence-electron chi connectivity index (χ1n) is 9.99. The fourth-order valence-electron chi connectivity index (χ4n) is 3.36. The molecule has 8 nitrogen and oxygen atoms in total. The molecule has 0 saturated carbocycles. The quantitative estimate of drug-likeness (QED) is 0.405. The van der Waals surface area contributed by atoms with Gasteiger partial charge in [-0.25, -0.2) is 4.79 Å². The highest BCUT2D eigenvalue weighted by Crippen LogP contribution is 2.10. The van der Waals surface area contributed by atoms with Crippen LogP contribution >= 0.6 is 0 Å². The summed E-state index contributed by atoms with van der Waals surface area (Å²) >= 11 is 0. The van der Waals surface area contributed by atoms with Gasteiger partial charge in [0.05, 0.1) is 12.7 Å². The molecule has 26 heavy (non-hydrogen) atoms. The Morgan fingerprint density at radius 3 is 2.38 bits per heavy atom. The predicted molar refractivity (Wildman–Crippen MR) is 102 cm³/mol. The number of nitrogens with zero attached hydrogens (tertiary/aromatic N) is 4. The molecule has 0 radical (unpaired) electrons. The summed E-state index contributed by atoms with van der Waals surface area (Å²) in [6, 6.07) is 0. The number of rotatable bonds is 6. The molecule has 8 heteroatoms. The lowest BCUT2D eigenvalue weighted by Gasteiger charge is -2.36. The zero-order valence-corrected chi connectivity index (χ0v) is 16.3. The van der Waals surface area contributed by atoms with Crippen molar-refractivity contribution in [2.24, 2.45) is 4.99 Å². The number of piperidine rings is 1. The summed E-state index contributed by atoms with van der Waals surface area (Å²) < 4.78 is 5.07. The van der Waals surface area contributed by atoms with Crippen molar-refractivity contribution >= 4 is 12.1 Å². The molecule has 150 valence electrons. The van der Waals surface area contributed by atoms with Crippen molar-refractivity contribution in [3.8, 4) is 0 Å². The monoisotopic (exact) mass is 369 g/mol. The number of piperazine rings is 1. The van der Waals surface area contributed by atoms with E-state index in [-0.39, 0.29) is 12.2 Å². The second-order valence-corrected chi connectivity index (χ2v) is 6.84. The Kier molecular flexibility index (Phi) is 8.97. The Morgan fingerprint density at radius 1 is 1.12 bits per heavy atom. The van der Waals surface area contributed by atoms with Crippen molar-refractivity contribution in [1.82, 2.24) is 20.0 Å². The van der Waals surface area contributed by atoms with E-state index < -0.39 is 0 Å². The minimum absolute atomic E-state index is 0.113. The van der Waals surface area contributed by atoms with E-state index in [0.717, 1.165) is 71.0 Å². The lowest BCUT2D eigenvalue weighted by atomic mass is 10.1. The topological polar surface area (TPSA) is 80.6 Å². The van der Waals surface area contributed by atoms with Crippen LogP contribution in [0.1, 0.15) is 33.1 Å². The van der Waals surface area contributed by atoms with Gasteiger partial charge in [0.2, 0.25) is 0 Å². The number of hydrogen-bond acceptors (Lipinski definition) is 5. The Balaban J connectivity index is 1.73. The van der Waals surface area contributed by atoms with E-state index in [4.69, 9.17) is 9.73 Å². The summed E-state index contributed by atoms with van der Waals surface area (Å²) in [6.07, 6.45) is 2.46. The first kappa shape index (κ1) is 20.8. The average molecular weight is 370 g/mol. The molecule has 0 spiro atoms. The Labute approximate surface area is 157 Å². The molecule has 2 N–H and O–H groups in total. The molecule has 0 atom stereocenters. The van der Waals surface area contributed by atoms with E-state index in [1.165, 1.54) is 0 Å². The zero-order valence-electron chi connectivity index (χ0n) is 16.3. The van der Waals surface area contributed by atoms with Gasteiger partial charge in [0.15, 0.2) is 5.96 Å². The number of amides is 1. The van der Waals surface area contributed by atoms with E-state index in [2.05, 4.69) is 22.0 Å². The number of carbonyl (C=O) groups excluding carboxylic acids is 1. The highest BCUT2D eigenvalue weighted by atomic mass is 16.6. The number of likely N-dealkylation sites (tertiary alicyclic amines) is 1. The van der Waals surface area contributed by atoms with Gasteiger partial charge in [0, 0.05) is 52.4 Å². The third-order valence-electron chi connectivity index (χ3n) is 4.89. The highest BCUT2D eigenvalue weighted by molar-refractivity contribution is 5.80. The van der Waals surface area contributed by atoms with Crippen molar-refractivity contribution in [2.75, 3.05) is 65.5 Å². The van der Waals surface area contributed by atoms with Crippen molar-refractivity contribution in [1.29, 1.82) is 0 Å². The van der Waals surface area contributed by atoms with Crippen LogP contribution in [0.4, 0.5) is 4.79 Å². The highest BCUT2D eigenvalue weighted by Gasteiger charge is 2.23. The van der Waals surface area contributed by atoms with Gasteiger partial charge in [-0.2, -0.15) is 0 Å². The summed E-state index contributed by atoms with van der Waals surface area (Å²) in [6.45, 7) is 11.8. The summed E-state index contributed by atoms with van der Waals surface area (Å²) in [4.78, 5) is 23.0. The average Bonchev–Trinajstić information content (AvgIpc) is 2.66. The van der Waals surface area contributed by atoms with E-state index in [9.17, 15) is 9.90 Å². The first-order valence-corrected chi connectivity index (χ1v) is 9.99. The van der Waals surface area contributed by atoms with Gasteiger partial charge in [-0.05, 0) is 39.7 Å². The standard InChI is InChI=1S/C18H35N5O3/c1-3-19-17(20-8-5-9-21-10-6-16(24)7-11-21)22-12-14-23(15-13-22)18(25)26-4-2/h16,24H,3-15H2,1-2H3,(H,19,20). The molecule has 2 saturated heterocycles. The molecule has 0 aromatic rings. The molecule has 2 heterocycles. The summed E-state index contributed by atoms with van der Waals surface area (Å²) in [5, 5.41) is 12.9. The Hall–Kier alpha value is -1.54. The van der Waals surface area contributed by atoms with Crippen LogP contribution < -0.4 is 5.32 Å². The van der Waals surface area contributed by atoms with Crippen LogP contribution in [-0.2, 0) is 4.74 Å². The number of hydrogen-bond donors (Lipinski definition) is 2. The van der Waals surface area contributed by atoms with Gasteiger partial charge in [0.1, 0.15) is 0 Å². The maximum atomic E-state index is 11.8. The number of carbonyl (C=O) groups is 1. The van der Waals surface area contributed by atoms with Crippen LogP contribution in [0.25, 0.3) is 0 Å². The fourth-order valence-corrected chi connectivity index (χ4v) is 3.36. The SMILES string of the molecule is CCNC(=NCCCN1CCC(O)CC1)N1CCN(C(=O)OCC)CC1. The maximum absolute atomic E-state index is 11.8. The van der Waals surface area contributed by atoms with Crippen LogP contribution in [-0.4, -0.2) is 103 Å². The minimum atomic E-state index is -0.222. The van der Waals surface area contributed by atoms with Crippen LogP contribution in [0.2, 0.25) is 0 Å². The minimum Gasteiger partial charge on any atom is -0.450 e. The molecule has 0 aliphatic carbocycles. The Morgan fingerprint density at radius 2 is 1.77 bits per heavy atom. The van der Waals surface area contributed by atoms with E-state index >= 15 is 0 Å². The molecular weight excluding hydrogens is 334 g/mol. The summed E-state index contributed by atoms with van der Waals surface area (Å²) in [5.74, 6) is 0.935. The van der Waals surface area contributed by atoms with Gasteiger partial charge in [0.25, 0.3) is 0 Å². The molecular formula is C18H35N5O3. The molecule has 2 aliphatic rings. The molecule has 0 aromatic heterocycles. The smallest absolute Gasteiger partial charge is 0.409 e. The van der Waals surface area contributed by atoms with Gasteiger partial charge in [-0.1, -0.05) is 0 Å². The third kappa shape index (κ3) is 6.64. The summed E-state index contributed by atoms with van der Waals surface area (Å²) in [5.41, 5.74) is 0. The lowest BCUT2D eigenvalue weighted by Crippen LogP contribution is -2.54. The summed E-state index contributed by atoms with van der Waals surface area (Å²) in [7, 11) is 0. The number of nitrogens with one attached hydrogen (secondary N) is 1. The second-order valence-electron chi connectivity index (χ2n) is 6.84.